The lowest BCUT2D eigenvalue weighted by atomic mass is 10.4. The van der Waals surface area contributed by atoms with Crippen LogP contribution >= 0.6 is 29.5 Å². The third-order valence-corrected chi connectivity index (χ3v) is 9.17. The summed E-state index contributed by atoms with van der Waals surface area (Å²) in [5.74, 6) is -1.68. The molecule has 0 saturated heterocycles. The highest BCUT2D eigenvalue weighted by Crippen LogP contribution is 2.32. The summed E-state index contributed by atoms with van der Waals surface area (Å²) in [6, 6.07) is 30.5. The van der Waals surface area contributed by atoms with E-state index in [1.165, 1.54) is 37.5 Å². The second-order valence-electron chi connectivity index (χ2n) is 6.80. The van der Waals surface area contributed by atoms with E-state index in [-0.39, 0.29) is 11.5 Å². The summed E-state index contributed by atoms with van der Waals surface area (Å²) in [5, 5.41) is 21.0. The summed E-state index contributed by atoms with van der Waals surface area (Å²) in [6.07, 6.45) is 0. The maximum Gasteiger partial charge on any atom is 0.321 e. The lowest BCUT2D eigenvalue weighted by molar-refractivity contribution is -0.138. The first kappa shape index (κ1) is 26.9. The van der Waals surface area contributed by atoms with Crippen LogP contribution in [0.15, 0.2) is 91.0 Å². The number of benzene rings is 3. The summed E-state index contributed by atoms with van der Waals surface area (Å²) < 4.78 is 0. The molecule has 0 aromatic heterocycles. The van der Waals surface area contributed by atoms with Crippen LogP contribution in [0, 0.1) is 0 Å². The molecular weight excluding hydrogens is 475 g/mol. The Bertz CT molecular complexity index is 866. The first-order valence-electron chi connectivity index (χ1n) is 10.1. The Morgan fingerprint density at radius 1 is 0.636 bits per heavy atom. The molecule has 2 atom stereocenters. The fraction of sp³-hybridized carbons (Fsp3) is 0.167. The summed E-state index contributed by atoms with van der Waals surface area (Å²) in [6.45, 7) is 0. The Morgan fingerprint density at radius 2 is 0.909 bits per heavy atom. The van der Waals surface area contributed by atoms with Crippen LogP contribution in [-0.2, 0) is 9.59 Å². The van der Waals surface area contributed by atoms with Crippen LogP contribution in [-0.4, -0.2) is 45.7 Å². The maximum absolute atomic E-state index is 10.3. The summed E-state index contributed by atoms with van der Waals surface area (Å²) in [5.41, 5.74) is 10.4. The van der Waals surface area contributed by atoms with Gasteiger partial charge in [0.05, 0.1) is 0 Å². The number of hydrogen-bond donors (Lipinski definition) is 4. The van der Waals surface area contributed by atoms with Gasteiger partial charge < -0.3 is 21.7 Å². The number of rotatable bonds is 10. The molecule has 0 spiro atoms. The number of aliphatic carboxylic acids is 2. The van der Waals surface area contributed by atoms with Gasteiger partial charge in [-0.2, -0.15) is 0 Å². The molecule has 0 aliphatic rings. The summed E-state index contributed by atoms with van der Waals surface area (Å²) in [7, 11) is 1.96. The Balaban J connectivity index is 0.000000248. The highest BCUT2D eigenvalue weighted by Gasteiger charge is 2.15. The van der Waals surface area contributed by atoms with Gasteiger partial charge >= 0.3 is 11.9 Å². The van der Waals surface area contributed by atoms with E-state index < -0.39 is 31.9 Å². The van der Waals surface area contributed by atoms with Crippen LogP contribution in [0.3, 0.4) is 0 Å². The average molecular weight is 503 g/mol. The fourth-order valence-corrected chi connectivity index (χ4v) is 7.10. The van der Waals surface area contributed by atoms with Crippen molar-refractivity contribution >= 4 is 57.4 Å². The van der Waals surface area contributed by atoms with Gasteiger partial charge in [-0.15, -0.1) is 0 Å². The van der Waals surface area contributed by atoms with Crippen LogP contribution in [0.25, 0.3) is 0 Å². The van der Waals surface area contributed by atoms with Crippen molar-refractivity contribution in [2.24, 2.45) is 11.5 Å². The van der Waals surface area contributed by atoms with Gasteiger partial charge in [-0.25, -0.2) is 0 Å². The summed E-state index contributed by atoms with van der Waals surface area (Å²) >= 11 is 0. The number of carbonyl (C=O) groups is 2. The van der Waals surface area contributed by atoms with Crippen molar-refractivity contribution < 1.29 is 19.8 Å². The Hall–Kier alpha value is -2.35. The first-order valence-corrected chi connectivity index (χ1v) is 13.9. The lowest BCUT2D eigenvalue weighted by Gasteiger charge is -2.18. The van der Waals surface area contributed by atoms with Crippen LogP contribution in [0.2, 0.25) is 0 Å². The van der Waals surface area contributed by atoms with Crippen LogP contribution < -0.4 is 27.4 Å². The van der Waals surface area contributed by atoms with Gasteiger partial charge in [0, 0.05) is 11.5 Å². The molecule has 3 aromatic rings. The normalized spacial score (nSPS) is 12.3. The van der Waals surface area contributed by atoms with Crippen molar-refractivity contribution in [3.63, 3.8) is 0 Å². The molecule has 3 aromatic carbocycles. The number of carboxylic acid groups (broad SMARTS) is 2. The number of carboxylic acids is 2. The molecule has 0 aliphatic heterocycles. The van der Waals surface area contributed by atoms with Crippen LogP contribution in [0.4, 0.5) is 0 Å². The third-order valence-electron chi connectivity index (χ3n) is 4.26. The van der Waals surface area contributed by atoms with Gasteiger partial charge in [0.2, 0.25) is 0 Å². The van der Waals surface area contributed by atoms with Gasteiger partial charge in [0.1, 0.15) is 12.1 Å². The van der Waals surface area contributed by atoms with E-state index in [9.17, 15) is 9.59 Å². The molecular formula is C24H27N2O4PS2. The van der Waals surface area contributed by atoms with Crippen LogP contribution in [0.1, 0.15) is 0 Å². The van der Waals surface area contributed by atoms with E-state index in [0.29, 0.717) is 0 Å². The summed E-state index contributed by atoms with van der Waals surface area (Å²) in [4.78, 5) is 20.5. The highest BCUT2D eigenvalue weighted by molar-refractivity contribution is 8.76. The van der Waals surface area contributed by atoms with E-state index in [1.54, 1.807) is 0 Å². The second-order valence-corrected chi connectivity index (χ2v) is 11.6. The van der Waals surface area contributed by atoms with Crippen molar-refractivity contribution in [2.75, 3.05) is 11.5 Å². The van der Waals surface area contributed by atoms with E-state index in [4.69, 9.17) is 21.7 Å². The van der Waals surface area contributed by atoms with Crippen molar-refractivity contribution in [1.29, 1.82) is 0 Å². The maximum atomic E-state index is 10.3. The van der Waals surface area contributed by atoms with Gasteiger partial charge in [0.25, 0.3) is 0 Å². The Morgan fingerprint density at radius 3 is 1.15 bits per heavy atom. The molecule has 6 N–H and O–H groups in total. The standard InChI is InChI=1S/C18H15P.C6H12N2O4S2/c1-4-10-16(11-5-1)19(17-12-6-2-7-13-17)18-14-8-3-9-15-18;7-3(5(9)10)1-13-14-2-4(8)6(11)12/h1-15H;3-4H,1-2,7-8H2,(H,9,10)(H,11,12)/t;3-,4-/m.0/s1. The van der Waals surface area contributed by atoms with E-state index >= 15 is 0 Å². The second kappa shape index (κ2) is 14.7. The minimum atomic E-state index is -1.07. The van der Waals surface area contributed by atoms with Crippen molar-refractivity contribution in [3.05, 3.63) is 91.0 Å². The molecule has 0 radical (unpaired) electrons. The molecule has 3 rings (SSSR count). The molecule has 0 heterocycles. The lowest BCUT2D eigenvalue weighted by Crippen LogP contribution is -2.33. The van der Waals surface area contributed by atoms with E-state index in [1.807, 2.05) is 0 Å². The molecule has 0 bridgehead atoms. The largest absolute Gasteiger partial charge is 0.480 e. The topological polar surface area (TPSA) is 127 Å². The molecule has 0 amide bonds. The zero-order chi connectivity index (χ0) is 24.1. The minimum Gasteiger partial charge on any atom is -0.480 e. The third kappa shape index (κ3) is 9.58. The first-order chi connectivity index (χ1) is 15.9. The Labute approximate surface area is 202 Å². The zero-order valence-electron chi connectivity index (χ0n) is 17.9. The van der Waals surface area contributed by atoms with Crippen molar-refractivity contribution in [2.45, 2.75) is 12.1 Å². The molecule has 174 valence electrons. The molecule has 0 fully saturated rings. The molecule has 9 heteroatoms. The predicted molar refractivity (Wildman–Crippen MR) is 141 cm³/mol. The predicted octanol–water partition coefficient (Wildman–Crippen LogP) is 2.64. The van der Waals surface area contributed by atoms with Crippen molar-refractivity contribution in [1.82, 2.24) is 0 Å². The fourth-order valence-electron chi connectivity index (χ4n) is 2.56. The molecule has 0 unspecified atom stereocenters. The quantitative estimate of drug-likeness (QED) is 0.189. The van der Waals surface area contributed by atoms with Gasteiger partial charge in [-0.05, 0) is 23.8 Å². The van der Waals surface area contributed by atoms with E-state index in [0.717, 1.165) is 0 Å². The van der Waals surface area contributed by atoms with Gasteiger partial charge in [0.15, 0.2) is 0 Å². The molecule has 6 nitrogen and oxygen atoms in total. The molecule has 33 heavy (non-hydrogen) atoms. The monoisotopic (exact) mass is 502 g/mol. The molecule has 0 aliphatic carbocycles. The number of hydrogen-bond acceptors (Lipinski definition) is 6. The van der Waals surface area contributed by atoms with Crippen molar-refractivity contribution in [3.8, 4) is 0 Å². The van der Waals surface area contributed by atoms with Gasteiger partial charge in [-0.3, -0.25) is 9.59 Å². The average Bonchev–Trinajstić information content (AvgIpc) is 2.84. The van der Waals surface area contributed by atoms with Crippen LogP contribution in [0.5, 0.6) is 0 Å². The smallest absolute Gasteiger partial charge is 0.321 e. The SMILES string of the molecule is N[C@@H](CSSC[C@H](N)C(=O)O)C(=O)O.c1ccc(P(c2ccccc2)c2ccccc2)cc1. The van der Waals surface area contributed by atoms with Gasteiger partial charge in [-0.1, -0.05) is 113 Å². The highest BCUT2D eigenvalue weighted by atomic mass is 33.1. The number of nitrogens with two attached hydrogens (primary N) is 2. The molecule has 0 saturated carbocycles. The Kier molecular flexibility index (Phi) is 12.0. The minimum absolute atomic E-state index is 0.229. The zero-order valence-corrected chi connectivity index (χ0v) is 20.4. The van der Waals surface area contributed by atoms with E-state index in [2.05, 4.69) is 91.0 Å².